The lowest BCUT2D eigenvalue weighted by Gasteiger charge is -1.97. The summed E-state index contributed by atoms with van der Waals surface area (Å²) in [6.07, 6.45) is 1.56. The molecule has 1 heterocycles. The summed E-state index contributed by atoms with van der Waals surface area (Å²) in [5, 5.41) is 2.06. The quantitative estimate of drug-likeness (QED) is 0.372. The minimum Gasteiger partial charge on any atom is -0.398 e. The molecule has 0 aliphatic carbocycles. The topological polar surface area (TPSA) is 48.4 Å². The molecule has 1 atom stereocenters. The minimum absolute atomic E-state index is 0.344. The van der Waals surface area contributed by atoms with Crippen molar-refractivity contribution >= 4 is 42.3 Å². The Balaban J connectivity index is 2.37. The van der Waals surface area contributed by atoms with E-state index in [0.717, 1.165) is 0 Å². The van der Waals surface area contributed by atoms with Gasteiger partial charge < -0.3 is 4.52 Å². The van der Waals surface area contributed by atoms with Crippen molar-refractivity contribution in [2.45, 2.75) is 0 Å². The summed E-state index contributed by atoms with van der Waals surface area (Å²) in [6, 6.07) is 0. The number of nitrogens with zero attached hydrogens (tertiary/aromatic N) is 1. The van der Waals surface area contributed by atoms with Crippen LogP contribution in [0, 0.1) is 0 Å². The summed E-state index contributed by atoms with van der Waals surface area (Å²) < 4.78 is 20.0. The van der Waals surface area contributed by atoms with Gasteiger partial charge in [0.05, 0.1) is 11.1 Å². The smallest absolute Gasteiger partial charge is 0.381 e. The van der Waals surface area contributed by atoms with Crippen LogP contribution >= 0.6 is 42.3 Å². The Morgan fingerprint density at radius 2 is 2.64 bits per heavy atom. The van der Waals surface area contributed by atoms with Crippen molar-refractivity contribution in [2.24, 2.45) is 0 Å². The highest BCUT2D eigenvalue weighted by Gasteiger charge is 2.02. The third kappa shape index (κ3) is 3.48. The van der Waals surface area contributed by atoms with Crippen LogP contribution in [-0.4, -0.2) is 4.98 Å². The van der Waals surface area contributed by atoms with E-state index in [1.165, 1.54) is 11.3 Å². The van der Waals surface area contributed by atoms with Crippen molar-refractivity contribution < 1.29 is 13.1 Å². The van der Waals surface area contributed by atoms with Crippen LogP contribution in [-0.2, 0) is 8.54 Å². The highest BCUT2D eigenvalue weighted by molar-refractivity contribution is 8.67. The van der Waals surface area contributed by atoms with E-state index in [1.807, 2.05) is 0 Å². The largest absolute Gasteiger partial charge is 0.398 e. The molecule has 1 rings (SSSR count). The predicted octanol–water partition coefficient (Wildman–Crippen LogP) is 2.42. The van der Waals surface area contributed by atoms with Crippen molar-refractivity contribution in [1.82, 2.24) is 4.98 Å². The standard InChI is InChI=1S/C3H4NO3PS3/c5-8(7-11-9)6-3-4-1-2-10-3/h1-2,8-9H. The van der Waals surface area contributed by atoms with Gasteiger partial charge in [0.25, 0.3) is 5.19 Å². The van der Waals surface area contributed by atoms with E-state index < -0.39 is 8.25 Å². The molecule has 0 fully saturated rings. The van der Waals surface area contributed by atoms with Crippen LogP contribution in [0.25, 0.3) is 0 Å². The first kappa shape index (κ1) is 9.41. The number of thiazole rings is 1. The van der Waals surface area contributed by atoms with Crippen molar-refractivity contribution in [3.05, 3.63) is 11.6 Å². The molecule has 62 valence electrons. The average molecular weight is 229 g/mol. The Labute approximate surface area is 77.3 Å². The van der Waals surface area contributed by atoms with Crippen LogP contribution in [0.15, 0.2) is 11.6 Å². The molecule has 1 aromatic rings. The molecule has 0 amide bonds. The van der Waals surface area contributed by atoms with E-state index in [1.54, 1.807) is 11.6 Å². The fraction of sp³-hybridized carbons (Fsp3) is 0. The van der Waals surface area contributed by atoms with Gasteiger partial charge >= 0.3 is 8.25 Å². The van der Waals surface area contributed by atoms with Crippen LogP contribution < -0.4 is 4.52 Å². The molecule has 1 unspecified atom stereocenters. The molecular formula is C3H4NO3PS3. The Morgan fingerprint density at radius 3 is 3.18 bits per heavy atom. The average Bonchev–Trinajstić information content (AvgIpc) is 2.40. The highest BCUT2D eigenvalue weighted by atomic mass is 33.1. The molecule has 0 bridgehead atoms. The molecule has 0 saturated carbocycles. The van der Waals surface area contributed by atoms with Gasteiger partial charge in [0.15, 0.2) is 0 Å². The molecule has 0 aliphatic rings. The second kappa shape index (κ2) is 5.05. The van der Waals surface area contributed by atoms with Gasteiger partial charge in [0.1, 0.15) is 0 Å². The highest BCUT2D eigenvalue weighted by Crippen LogP contribution is 2.34. The third-order valence-corrected chi connectivity index (χ3v) is 3.36. The maximum atomic E-state index is 10.7. The van der Waals surface area contributed by atoms with Gasteiger partial charge in [0.2, 0.25) is 0 Å². The van der Waals surface area contributed by atoms with Gasteiger partial charge in [-0.2, -0.15) is 0 Å². The second-order valence-corrected chi connectivity index (χ2v) is 4.13. The van der Waals surface area contributed by atoms with Crippen LogP contribution in [0.4, 0.5) is 0 Å². The lowest BCUT2D eigenvalue weighted by atomic mass is 11.0. The number of hydrogen-bond donors (Lipinski definition) is 1. The summed E-state index contributed by atoms with van der Waals surface area (Å²) in [6.45, 7) is 0. The van der Waals surface area contributed by atoms with E-state index in [0.29, 0.717) is 16.3 Å². The molecular weight excluding hydrogens is 225 g/mol. The fourth-order valence-corrected chi connectivity index (χ4v) is 2.26. The number of thiol groups is 1. The molecule has 11 heavy (non-hydrogen) atoms. The Kier molecular flexibility index (Phi) is 4.32. The first-order valence-corrected chi connectivity index (χ1v) is 6.32. The van der Waals surface area contributed by atoms with Crippen molar-refractivity contribution in [3.8, 4) is 5.19 Å². The van der Waals surface area contributed by atoms with Gasteiger partial charge in [-0.05, 0) is 0 Å². The summed E-state index contributed by atoms with van der Waals surface area (Å²) in [5.41, 5.74) is 0. The van der Waals surface area contributed by atoms with Crippen molar-refractivity contribution in [3.63, 3.8) is 0 Å². The normalized spacial score (nSPS) is 12.8. The molecule has 4 nitrogen and oxygen atoms in total. The third-order valence-electron chi connectivity index (χ3n) is 0.686. The molecule has 0 saturated heterocycles. The molecule has 0 spiro atoms. The molecule has 0 aliphatic heterocycles. The van der Waals surface area contributed by atoms with Gasteiger partial charge in [0, 0.05) is 11.6 Å². The summed E-state index contributed by atoms with van der Waals surface area (Å²) >= 11 is 5.60. The Bertz CT molecular complexity index is 228. The van der Waals surface area contributed by atoms with E-state index >= 15 is 0 Å². The Morgan fingerprint density at radius 1 is 1.82 bits per heavy atom. The molecule has 0 radical (unpaired) electrons. The summed E-state index contributed by atoms with van der Waals surface area (Å²) in [5.74, 6) is 0. The van der Waals surface area contributed by atoms with Gasteiger partial charge in [-0.15, -0.1) is 0 Å². The lowest BCUT2D eigenvalue weighted by molar-refractivity contribution is 0.438. The van der Waals surface area contributed by atoms with Crippen LogP contribution in [0.5, 0.6) is 5.19 Å². The predicted molar refractivity (Wildman–Crippen MR) is 49.4 cm³/mol. The maximum Gasteiger partial charge on any atom is 0.381 e. The molecule has 0 aromatic carbocycles. The van der Waals surface area contributed by atoms with Crippen molar-refractivity contribution in [1.29, 1.82) is 0 Å². The fourth-order valence-electron chi connectivity index (χ4n) is 0.379. The molecule has 8 heteroatoms. The van der Waals surface area contributed by atoms with E-state index in [-0.39, 0.29) is 0 Å². The zero-order valence-corrected chi connectivity index (χ0v) is 8.62. The Hall–Kier alpha value is 0.320. The minimum atomic E-state index is -2.48. The van der Waals surface area contributed by atoms with Gasteiger partial charge in [-0.25, -0.2) is 13.5 Å². The first-order valence-electron chi connectivity index (χ1n) is 2.42. The van der Waals surface area contributed by atoms with Gasteiger partial charge in [-0.1, -0.05) is 23.0 Å². The maximum absolute atomic E-state index is 10.7. The number of hydrogen-bond acceptors (Lipinski definition) is 7. The van der Waals surface area contributed by atoms with Gasteiger partial charge in [-0.3, -0.25) is 0 Å². The zero-order chi connectivity index (χ0) is 8.10. The molecule has 0 N–H and O–H groups in total. The lowest BCUT2D eigenvalue weighted by Crippen LogP contribution is -1.78. The number of rotatable bonds is 4. The second-order valence-electron chi connectivity index (χ2n) is 1.31. The first-order chi connectivity index (χ1) is 5.33. The summed E-state index contributed by atoms with van der Waals surface area (Å²) in [7, 11) is -2.48. The monoisotopic (exact) mass is 229 g/mol. The molecule has 1 aromatic heterocycles. The number of aromatic nitrogens is 1. The summed E-state index contributed by atoms with van der Waals surface area (Å²) in [4.78, 5) is 3.75. The zero-order valence-electron chi connectivity index (χ0n) is 5.09. The van der Waals surface area contributed by atoms with E-state index in [9.17, 15) is 4.57 Å². The van der Waals surface area contributed by atoms with E-state index in [4.69, 9.17) is 4.52 Å². The van der Waals surface area contributed by atoms with E-state index in [2.05, 4.69) is 20.6 Å². The van der Waals surface area contributed by atoms with Crippen LogP contribution in [0.3, 0.4) is 0 Å². The van der Waals surface area contributed by atoms with Crippen molar-refractivity contribution in [2.75, 3.05) is 0 Å². The SMILES string of the molecule is O=[PH](OSS)Oc1nccs1. The van der Waals surface area contributed by atoms with Crippen LogP contribution in [0.2, 0.25) is 0 Å². The van der Waals surface area contributed by atoms with Crippen LogP contribution in [0.1, 0.15) is 0 Å².